The molecule has 0 fully saturated rings. The summed E-state index contributed by atoms with van der Waals surface area (Å²) in [5.74, 6) is 0. The highest BCUT2D eigenvalue weighted by Gasteiger charge is 2.45. The Kier molecular flexibility index (Phi) is 6.13. The zero-order valence-electron chi connectivity index (χ0n) is 30.6. The number of fused-ring (bicyclic) bond motifs is 13. The summed E-state index contributed by atoms with van der Waals surface area (Å²) in [4.78, 5) is 2.62. The third kappa shape index (κ3) is 4.01. The van der Waals surface area contributed by atoms with Crippen LogP contribution in [0.4, 0.5) is 17.1 Å². The summed E-state index contributed by atoms with van der Waals surface area (Å²) < 4.78 is 8.16. The minimum absolute atomic E-state index is 0.00881. The maximum absolute atomic E-state index is 2.75. The number of aryl methyl sites for hydroxylation is 1. The van der Waals surface area contributed by atoms with Crippen molar-refractivity contribution < 1.29 is 0 Å². The first kappa shape index (κ1) is 30.8. The van der Waals surface area contributed by atoms with Crippen LogP contribution in [0.5, 0.6) is 0 Å². The van der Waals surface area contributed by atoms with Crippen LogP contribution in [0.15, 0.2) is 140 Å². The second-order valence-corrected chi connectivity index (χ2v) is 18.3. The number of para-hydroxylation sites is 1. The van der Waals surface area contributed by atoms with E-state index in [9.17, 15) is 0 Å². The minimum Gasteiger partial charge on any atom is -0.374 e. The van der Waals surface area contributed by atoms with Gasteiger partial charge < -0.3 is 9.38 Å². The summed E-state index contributed by atoms with van der Waals surface area (Å²) in [6.07, 6.45) is 0. The standard InChI is InChI=1S/C49H35BN2S2/c1-28-25-36-31-17-12-18-34-46(31)52(47-33-16-9-11-20-41(33)54-48(34)47)50-44(36)39(26-28)51(38-23-24-42-43(45(38)50)32-15-8-10-19-40(32)53-42)37-22-21-30(49(2,3)4)27-35(37)29-13-6-5-7-14-29/h5-27H,1-4H3. The first-order chi connectivity index (χ1) is 26.3. The molecule has 0 saturated carbocycles. The lowest BCUT2D eigenvalue weighted by Crippen LogP contribution is -2.57. The lowest BCUT2D eigenvalue weighted by molar-refractivity contribution is 0.590. The van der Waals surface area contributed by atoms with Crippen molar-refractivity contribution in [1.82, 2.24) is 4.48 Å². The Balaban J connectivity index is 1.29. The number of nitrogens with zero attached hydrogens (tertiary/aromatic N) is 2. The summed E-state index contributed by atoms with van der Waals surface area (Å²) in [6, 6.07) is 53.0. The van der Waals surface area contributed by atoms with Crippen molar-refractivity contribution in [1.29, 1.82) is 0 Å². The van der Waals surface area contributed by atoms with Gasteiger partial charge in [0, 0.05) is 52.9 Å². The Bertz CT molecular complexity index is 3230. The van der Waals surface area contributed by atoms with Crippen LogP contribution in [0.3, 0.4) is 0 Å². The fourth-order valence-electron chi connectivity index (χ4n) is 9.64. The number of hydrogen-bond acceptors (Lipinski definition) is 3. The minimum atomic E-state index is -0.00881. The molecule has 0 atom stereocenters. The molecule has 0 N–H and O–H groups in total. The van der Waals surface area contributed by atoms with Crippen molar-refractivity contribution in [3.63, 3.8) is 0 Å². The SMILES string of the molecule is Cc1cc2c3c(c1)N(c1ccc(C(C)(C)C)cc1-c1ccccc1)c1ccc4sc5ccccc5c4c1B3n1c3c-2cccc3c2sc3ccccc3c21. The first-order valence-corrected chi connectivity index (χ1v) is 20.5. The lowest BCUT2D eigenvalue weighted by atomic mass is 9.44. The van der Waals surface area contributed by atoms with Crippen LogP contribution in [0.25, 0.3) is 73.6 Å². The molecule has 2 aliphatic rings. The van der Waals surface area contributed by atoms with Gasteiger partial charge in [-0.15, -0.1) is 22.7 Å². The number of anilines is 3. The Labute approximate surface area is 322 Å². The highest BCUT2D eigenvalue weighted by molar-refractivity contribution is 7.27. The van der Waals surface area contributed by atoms with E-state index in [0.717, 1.165) is 0 Å². The summed E-state index contributed by atoms with van der Waals surface area (Å²) in [5.41, 5.74) is 17.0. The van der Waals surface area contributed by atoms with Crippen LogP contribution >= 0.6 is 22.7 Å². The highest BCUT2D eigenvalue weighted by atomic mass is 32.1. The van der Waals surface area contributed by atoms with Gasteiger partial charge in [0.15, 0.2) is 0 Å². The summed E-state index contributed by atoms with van der Waals surface area (Å²) in [5, 5.41) is 5.41. The molecule has 7 aromatic carbocycles. The van der Waals surface area contributed by atoms with E-state index in [2.05, 4.69) is 177 Å². The van der Waals surface area contributed by atoms with Gasteiger partial charge in [-0.05, 0) is 98.8 Å². The van der Waals surface area contributed by atoms with Gasteiger partial charge in [0.25, 0.3) is 0 Å². The predicted molar refractivity (Wildman–Crippen MR) is 237 cm³/mol. The summed E-state index contributed by atoms with van der Waals surface area (Å²) in [6.45, 7) is 9.21. The van der Waals surface area contributed by atoms with E-state index >= 15 is 0 Å². The molecule has 0 spiro atoms. The molecule has 0 unspecified atom stereocenters. The summed E-state index contributed by atoms with van der Waals surface area (Å²) >= 11 is 3.86. The van der Waals surface area contributed by atoms with Gasteiger partial charge in [-0.25, -0.2) is 0 Å². The van der Waals surface area contributed by atoms with Gasteiger partial charge >= 0.3 is 6.85 Å². The van der Waals surface area contributed by atoms with E-state index in [-0.39, 0.29) is 12.3 Å². The zero-order valence-corrected chi connectivity index (χ0v) is 32.2. The number of hydrogen-bond donors (Lipinski definition) is 0. The van der Waals surface area contributed by atoms with Gasteiger partial charge in [0.2, 0.25) is 0 Å². The van der Waals surface area contributed by atoms with Crippen molar-refractivity contribution in [2.24, 2.45) is 0 Å². The van der Waals surface area contributed by atoms with Crippen molar-refractivity contribution in [2.45, 2.75) is 33.1 Å². The van der Waals surface area contributed by atoms with E-state index in [0.29, 0.717) is 0 Å². The molecule has 0 amide bonds. The van der Waals surface area contributed by atoms with Crippen LogP contribution in [0.2, 0.25) is 0 Å². The van der Waals surface area contributed by atoms with E-state index in [1.54, 1.807) is 0 Å². The molecule has 0 aliphatic carbocycles. The lowest BCUT2D eigenvalue weighted by Gasteiger charge is -2.42. The molecular weight excluding hydrogens is 691 g/mol. The monoisotopic (exact) mass is 726 g/mol. The molecule has 5 heterocycles. The molecular formula is C49H35BN2S2. The normalized spacial score (nSPS) is 13.5. The molecule has 5 heteroatoms. The molecule has 10 aromatic rings. The van der Waals surface area contributed by atoms with E-state index in [1.807, 2.05) is 22.7 Å². The Morgan fingerprint density at radius 1 is 0.519 bits per heavy atom. The molecule has 0 saturated heterocycles. The van der Waals surface area contributed by atoms with E-state index in [1.165, 1.54) is 113 Å². The molecule has 2 aliphatic heterocycles. The van der Waals surface area contributed by atoms with Crippen molar-refractivity contribution in [3.8, 4) is 22.3 Å². The summed E-state index contributed by atoms with van der Waals surface area (Å²) in [7, 11) is 0. The number of rotatable bonds is 2. The van der Waals surface area contributed by atoms with E-state index < -0.39 is 0 Å². The third-order valence-electron chi connectivity index (χ3n) is 12.0. The molecule has 3 aromatic heterocycles. The maximum Gasteiger partial charge on any atom is 0.333 e. The molecule has 2 nitrogen and oxygen atoms in total. The molecule has 12 rings (SSSR count). The second-order valence-electron chi connectivity index (χ2n) is 16.1. The Morgan fingerprint density at radius 2 is 1.24 bits per heavy atom. The van der Waals surface area contributed by atoms with Crippen LogP contribution in [0, 0.1) is 6.92 Å². The fraction of sp³-hybridized carbons (Fsp3) is 0.102. The maximum atomic E-state index is 2.75. The predicted octanol–water partition coefficient (Wildman–Crippen LogP) is 13.1. The third-order valence-corrected chi connectivity index (χ3v) is 14.3. The van der Waals surface area contributed by atoms with Crippen LogP contribution < -0.4 is 15.8 Å². The number of thiophene rings is 2. The van der Waals surface area contributed by atoms with Gasteiger partial charge in [-0.1, -0.05) is 118 Å². The number of benzene rings is 7. The topological polar surface area (TPSA) is 8.17 Å². The van der Waals surface area contributed by atoms with Gasteiger partial charge in [-0.2, -0.15) is 0 Å². The van der Waals surface area contributed by atoms with Gasteiger partial charge in [0.1, 0.15) is 0 Å². The zero-order chi connectivity index (χ0) is 36.0. The van der Waals surface area contributed by atoms with Gasteiger partial charge in [-0.3, -0.25) is 0 Å². The fourth-order valence-corrected chi connectivity index (χ4v) is 12.0. The van der Waals surface area contributed by atoms with Crippen LogP contribution in [-0.2, 0) is 5.41 Å². The Morgan fingerprint density at radius 3 is 2.06 bits per heavy atom. The van der Waals surface area contributed by atoms with Crippen molar-refractivity contribution in [2.75, 3.05) is 4.90 Å². The molecule has 0 bridgehead atoms. The number of aromatic nitrogens is 1. The molecule has 256 valence electrons. The second kappa shape index (κ2) is 10.8. The van der Waals surface area contributed by atoms with Crippen molar-refractivity contribution in [3.05, 3.63) is 151 Å². The largest absolute Gasteiger partial charge is 0.374 e. The van der Waals surface area contributed by atoms with Crippen molar-refractivity contribution >= 4 is 109 Å². The smallest absolute Gasteiger partial charge is 0.333 e. The quantitative estimate of drug-likeness (QED) is 0.161. The van der Waals surface area contributed by atoms with Crippen LogP contribution in [-0.4, -0.2) is 11.3 Å². The average molecular weight is 727 g/mol. The molecule has 0 radical (unpaired) electrons. The van der Waals surface area contributed by atoms with Crippen LogP contribution in [0.1, 0.15) is 31.9 Å². The highest BCUT2D eigenvalue weighted by Crippen LogP contribution is 2.51. The average Bonchev–Trinajstić information content (AvgIpc) is 3.86. The Hall–Kier alpha value is -5.62. The molecule has 54 heavy (non-hydrogen) atoms. The van der Waals surface area contributed by atoms with E-state index in [4.69, 9.17) is 0 Å². The van der Waals surface area contributed by atoms with Gasteiger partial charge in [0.05, 0.1) is 15.9 Å². The first-order valence-electron chi connectivity index (χ1n) is 18.9.